The van der Waals surface area contributed by atoms with Crippen LogP contribution in [0.5, 0.6) is 0 Å². The zero-order chi connectivity index (χ0) is 11.6. The molecule has 4 heteroatoms. The van der Waals surface area contributed by atoms with E-state index in [1.54, 1.807) is 12.1 Å². The molecule has 1 aliphatic carbocycles. The van der Waals surface area contributed by atoms with Crippen molar-refractivity contribution < 1.29 is 9.90 Å². The van der Waals surface area contributed by atoms with Gasteiger partial charge in [-0.1, -0.05) is 37.3 Å². The van der Waals surface area contributed by atoms with E-state index in [1.807, 2.05) is 0 Å². The maximum absolute atomic E-state index is 12.2. The molecule has 16 heavy (non-hydrogen) atoms. The first-order chi connectivity index (χ1) is 7.62. The minimum atomic E-state index is -1.15. The fraction of sp³-hybridized carbons (Fsp3) is 0.583. The molecule has 2 nitrogen and oxygen atoms in total. The Kier molecular flexibility index (Phi) is 3.67. The van der Waals surface area contributed by atoms with Gasteiger partial charge in [-0.2, -0.15) is 0 Å². The largest absolute Gasteiger partial charge is 0.382 e. The molecule has 1 heterocycles. The van der Waals surface area contributed by atoms with E-state index in [2.05, 4.69) is 0 Å². The number of carbonyl (C=O) groups excluding carboxylic acids is 1. The Hall–Kier alpha value is -0.380. The van der Waals surface area contributed by atoms with Crippen LogP contribution < -0.4 is 0 Å². The maximum Gasteiger partial charge on any atom is 0.204 e. The minimum absolute atomic E-state index is 0.147. The second-order valence-corrected chi connectivity index (χ2v) is 6.09. The zero-order valence-electron chi connectivity index (χ0n) is 9.04. The highest BCUT2D eigenvalue weighted by Crippen LogP contribution is 2.33. The first kappa shape index (κ1) is 12.1. The molecule has 0 bridgehead atoms. The van der Waals surface area contributed by atoms with Crippen LogP contribution >= 0.6 is 22.9 Å². The van der Waals surface area contributed by atoms with E-state index in [-0.39, 0.29) is 5.78 Å². The van der Waals surface area contributed by atoms with Crippen LogP contribution in [0.25, 0.3) is 0 Å². The average molecular weight is 259 g/mol. The quantitative estimate of drug-likeness (QED) is 0.649. The van der Waals surface area contributed by atoms with Crippen molar-refractivity contribution in [1.29, 1.82) is 0 Å². The van der Waals surface area contributed by atoms with E-state index in [1.165, 1.54) is 11.3 Å². The van der Waals surface area contributed by atoms with Gasteiger partial charge in [0, 0.05) is 0 Å². The molecule has 0 spiro atoms. The Labute approximate surface area is 104 Å². The molecular weight excluding hydrogens is 244 g/mol. The van der Waals surface area contributed by atoms with E-state index in [9.17, 15) is 9.90 Å². The third kappa shape index (κ3) is 2.47. The number of ketones is 1. The van der Waals surface area contributed by atoms with Gasteiger partial charge in [-0.25, -0.2) is 0 Å². The lowest BCUT2D eigenvalue weighted by Gasteiger charge is -2.24. The summed E-state index contributed by atoms with van der Waals surface area (Å²) in [5, 5.41) is 10.4. The number of carbonyl (C=O) groups is 1. The molecule has 1 N–H and O–H groups in total. The molecular formula is C12H15ClO2S. The average Bonchev–Trinajstić information content (AvgIpc) is 2.56. The molecule has 2 rings (SSSR count). The van der Waals surface area contributed by atoms with Crippen molar-refractivity contribution in [3.63, 3.8) is 0 Å². The van der Waals surface area contributed by atoms with Gasteiger partial charge in [0.15, 0.2) is 0 Å². The van der Waals surface area contributed by atoms with E-state index in [0.29, 0.717) is 22.1 Å². The van der Waals surface area contributed by atoms with Gasteiger partial charge < -0.3 is 5.11 Å². The summed E-state index contributed by atoms with van der Waals surface area (Å²) in [6.45, 7) is 0. The topological polar surface area (TPSA) is 37.3 Å². The Morgan fingerprint density at radius 3 is 2.38 bits per heavy atom. The number of aliphatic hydroxyl groups is 1. The van der Waals surface area contributed by atoms with Crippen LogP contribution in [-0.2, 0) is 0 Å². The van der Waals surface area contributed by atoms with Gasteiger partial charge in [-0.05, 0) is 25.0 Å². The van der Waals surface area contributed by atoms with Gasteiger partial charge in [0.1, 0.15) is 5.60 Å². The fourth-order valence-corrected chi connectivity index (χ4v) is 3.28. The van der Waals surface area contributed by atoms with E-state index in [0.717, 1.165) is 25.7 Å². The van der Waals surface area contributed by atoms with E-state index in [4.69, 9.17) is 11.6 Å². The number of hydrogen-bond donors (Lipinski definition) is 1. The molecule has 0 saturated heterocycles. The third-order valence-electron chi connectivity index (χ3n) is 3.15. The van der Waals surface area contributed by atoms with Crippen molar-refractivity contribution in [2.45, 2.75) is 44.1 Å². The predicted molar refractivity (Wildman–Crippen MR) is 66.3 cm³/mol. The van der Waals surface area contributed by atoms with Crippen LogP contribution in [0.3, 0.4) is 0 Å². The van der Waals surface area contributed by atoms with E-state index < -0.39 is 5.60 Å². The predicted octanol–water partition coefficient (Wildman–Crippen LogP) is 3.67. The van der Waals surface area contributed by atoms with Crippen LogP contribution in [0.2, 0.25) is 4.34 Å². The normalized spacial score (nSPS) is 20.4. The summed E-state index contributed by atoms with van der Waals surface area (Å²) < 4.78 is 0.598. The summed E-state index contributed by atoms with van der Waals surface area (Å²) in [6, 6.07) is 3.41. The van der Waals surface area contributed by atoms with Gasteiger partial charge in [0.05, 0.1) is 9.21 Å². The van der Waals surface area contributed by atoms with Crippen molar-refractivity contribution in [2.24, 2.45) is 0 Å². The molecule has 0 unspecified atom stereocenters. The summed E-state index contributed by atoms with van der Waals surface area (Å²) in [5.74, 6) is -0.147. The second-order valence-electron chi connectivity index (χ2n) is 4.38. The molecule has 1 aromatic rings. The fourth-order valence-electron chi connectivity index (χ4n) is 2.21. The van der Waals surface area contributed by atoms with Crippen molar-refractivity contribution in [1.82, 2.24) is 0 Å². The van der Waals surface area contributed by atoms with Crippen LogP contribution in [0.4, 0.5) is 0 Å². The van der Waals surface area contributed by atoms with Gasteiger partial charge in [-0.3, -0.25) is 4.79 Å². The summed E-state index contributed by atoms with van der Waals surface area (Å²) in [5.41, 5.74) is -1.15. The molecule has 0 atom stereocenters. The van der Waals surface area contributed by atoms with E-state index >= 15 is 0 Å². The highest BCUT2D eigenvalue weighted by molar-refractivity contribution is 7.18. The van der Waals surface area contributed by atoms with Gasteiger partial charge >= 0.3 is 0 Å². The third-order valence-corrected chi connectivity index (χ3v) is 4.38. The van der Waals surface area contributed by atoms with Crippen molar-refractivity contribution in [2.75, 3.05) is 0 Å². The van der Waals surface area contributed by atoms with Crippen LogP contribution in [-0.4, -0.2) is 16.5 Å². The molecule has 0 aromatic carbocycles. The molecule has 1 saturated carbocycles. The van der Waals surface area contributed by atoms with Crippen LogP contribution in [0.1, 0.15) is 48.2 Å². The Balaban J connectivity index is 2.18. The van der Waals surface area contributed by atoms with Gasteiger partial charge in [0.2, 0.25) is 5.78 Å². The monoisotopic (exact) mass is 258 g/mol. The first-order valence-electron chi connectivity index (χ1n) is 5.64. The minimum Gasteiger partial charge on any atom is -0.382 e. The summed E-state index contributed by atoms with van der Waals surface area (Å²) in [4.78, 5) is 12.8. The van der Waals surface area contributed by atoms with Gasteiger partial charge in [-0.15, -0.1) is 11.3 Å². The lowest BCUT2D eigenvalue weighted by Crippen LogP contribution is -2.37. The lowest BCUT2D eigenvalue weighted by atomic mass is 9.89. The SMILES string of the molecule is O=C(c1ccc(Cl)s1)C1(O)CCCCCC1. The summed E-state index contributed by atoms with van der Waals surface area (Å²) in [7, 11) is 0. The Morgan fingerprint density at radius 1 is 1.25 bits per heavy atom. The molecule has 88 valence electrons. The lowest BCUT2D eigenvalue weighted by molar-refractivity contribution is 0.0242. The Bertz CT molecular complexity index is 378. The maximum atomic E-state index is 12.2. The molecule has 1 aliphatic rings. The number of hydrogen-bond acceptors (Lipinski definition) is 3. The Morgan fingerprint density at radius 2 is 1.88 bits per heavy atom. The van der Waals surface area contributed by atoms with Crippen LogP contribution in [0, 0.1) is 0 Å². The van der Waals surface area contributed by atoms with Crippen LogP contribution in [0.15, 0.2) is 12.1 Å². The van der Waals surface area contributed by atoms with Gasteiger partial charge in [0.25, 0.3) is 0 Å². The van der Waals surface area contributed by atoms with Crippen molar-refractivity contribution >= 4 is 28.7 Å². The number of Topliss-reactive ketones (excluding diaryl/α,β-unsaturated/α-hetero) is 1. The second kappa shape index (κ2) is 4.86. The zero-order valence-corrected chi connectivity index (χ0v) is 10.6. The summed E-state index contributed by atoms with van der Waals surface area (Å²) >= 11 is 7.06. The van der Waals surface area contributed by atoms with Crippen molar-refractivity contribution in [3.05, 3.63) is 21.3 Å². The highest BCUT2D eigenvalue weighted by Gasteiger charge is 2.37. The number of thiophene rings is 1. The number of halogens is 1. The molecule has 0 radical (unpaired) electrons. The first-order valence-corrected chi connectivity index (χ1v) is 6.84. The standard InChI is InChI=1S/C12H15ClO2S/c13-10-6-5-9(16-10)11(14)12(15)7-3-1-2-4-8-12/h5-6,15H,1-4,7-8H2. The highest BCUT2D eigenvalue weighted by atomic mass is 35.5. The van der Waals surface area contributed by atoms with Crippen molar-refractivity contribution in [3.8, 4) is 0 Å². The summed E-state index contributed by atoms with van der Waals surface area (Å²) in [6.07, 6.45) is 5.26. The smallest absolute Gasteiger partial charge is 0.204 e. The number of rotatable bonds is 2. The molecule has 1 aromatic heterocycles. The molecule has 1 fully saturated rings. The molecule has 0 amide bonds. The molecule has 0 aliphatic heterocycles.